The highest BCUT2D eigenvalue weighted by Gasteiger charge is 2.25. The minimum atomic E-state index is -0.297. The first-order valence-corrected chi connectivity index (χ1v) is 10.7. The van der Waals surface area contributed by atoms with Gasteiger partial charge in [0, 0.05) is 44.3 Å². The van der Waals surface area contributed by atoms with Gasteiger partial charge in [-0.3, -0.25) is 18.7 Å². The van der Waals surface area contributed by atoms with Crippen molar-refractivity contribution in [3.63, 3.8) is 0 Å². The van der Waals surface area contributed by atoms with Crippen LogP contribution in [-0.2, 0) is 0 Å². The lowest BCUT2D eigenvalue weighted by molar-refractivity contribution is 0.0733. The smallest absolute Gasteiger partial charge is 0.333 e. The van der Waals surface area contributed by atoms with Crippen molar-refractivity contribution in [2.45, 2.75) is 46.2 Å². The first-order chi connectivity index (χ1) is 13.7. The Bertz CT molecular complexity index is 1000. The third-order valence-corrected chi connectivity index (χ3v) is 5.50. The van der Waals surface area contributed by atoms with Gasteiger partial charge < -0.3 is 14.2 Å². The molecule has 0 aliphatic carbocycles. The second kappa shape index (κ2) is 8.61. The van der Waals surface area contributed by atoms with Crippen LogP contribution >= 0.6 is 15.9 Å². The van der Waals surface area contributed by atoms with E-state index < -0.39 is 0 Å². The second-order valence-electron chi connectivity index (χ2n) is 7.79. The molecule has 3 rings (SSSR count). The molecule has 0 radical (unpaired) electrons. The highest BCUT2D eigenvalue weighted by Crippen LogP contribution is 2.20. The summed E-state index contributed by atoms with van der Waals surface area (Å²) in [4.78, 5) is 42.1. The fourth-order valence-corrected chi connectivity index (χ4v) is 4.00. The number of furan rings is 1. The highest BCUT2D eigenvalue weighted by atomic mass is 79.9. The summed E-state index contributed by atoms with van der Waals surface area (Å²) in [5.41, 5.74) is -0.593. The van der Waals surface area contributed by atoms with E-state index in [2.05, 4.69) is 15.9 Å². The molecular weight excluding hydrogens is 440 g/mol. The number of nitrogens with zero attached hydrogens (tertiary/aromatic N) is 4. The number of hydrogen-bond acceptors (Lipinski definition) is 5. The van der Waals surface area contributed by atoms with Gasteiger partial charge in [0.05, 0.1) is 0 Å². The van der Waals surface area contributed by atoms with Gasteiger partial charge in [-0.05, 0) is 62.2 Å². The molecule has 0 atom stereocenters. The average molecular weight is 467 g/mol. The van der Waals surface area contributed by atoms with Crippen LogP contribution in [0.15, 0.2) is 36.9 Å². The molecule has 1 saturated heterocycles. The van der Waals surface area contributed by atoms with Crippen molar-refractivity contribution in [2.75, 3.05) is 31.1 Å². The molecule has 0 aromatic carbocycles. The molecule has 0 unspecified atom stereocenters. The summed E-state index contributed by atoms with van der Waals surface area (Å²) in [6, 6.07) is 4.59. The molecular formula is C20H27BrN4O4. The predicted molar refractivity (Wildman–Crippen MR) is 115 cm³/mol. The van der Waals surface area contributed by atoms with Gasteiger partial charge in [-0.15, -0.1) is 0 Å². The van der Waals surface area contributed by atoms with Crippen molar-refractivity contribution in [3.8, 4) is 0 Å². The highest BCUT2D eigenvalue weighted by molar-refractivity contribution is 9.10. The molecule has 0 N–H and O–H groups in total. The van der Waals surface area contributed by atoms with Gasteiger partial charge >= 0.3 is 5.69 Å². The Morgan fingerprint density at radius 3 is 2.28 bits per heavy atom. The number of rotatable bonds is 4. The summed E-state index contributed by atoms with van der Waals surface area (Å²) in [7, 11) is 0. The zero-order valence-corrected chi connectivity index (χ0v) is 18.8. The van der Waals surface area contributed by atoms with Crippen molar-refractivity contribution in [3.05, 3.63) is 49.5 Å². The third-order valence-electron chi connectivity index (χ3n) is 5.07. The zero-order valence-electron chi connectivity index (χ0n) is 17.2. The molecule has 0 saturated carbocycles. The largest absolute Gasteiger partial charge is 0.444 e. The minimum Gasteiger partial charge on any atom is -0.444 e. The van der Waals surface area contributed by atoms with E-state index in [1.807, 2.05) is 32.6 Å². The van der Waals surface area contributed by atoms with E-state index in [0.29, 0.717) is 42.4 Å². The molecule has 1 aliphatic rings. The van der Waals surface area contributed by atoms with E-state index in [1.54, 1.807) is 27.7 Å². The van der Waals surface area contributed by atoms with E-state index in [4.69, 9.17) is 4.42 Å². The Kier molecular flexibility index (Phi) is 6.36. The van der Waals surface area contributed by atoms with Crippen LogP contribution in [0.5, 0.6) is 0 Å². The quantitative estimate of drug-likeness (QED) is 0.691. The van der Waals surface area contributed by atoms with Gasteiger partial charge in [0.25, 0.3) is 11.5 Å². The lowest BCUT2D eigenvalue weighted by atomic mass is 10.3. The summed E-state index contributed by atoms with van der Waals surface area (Å²) < 4.78 is 8.86. The number of amides is 1. The molecule has 8 nitrogen and oxygen atoms in total. The van der Waals surface area contributed by atoms with Gasteiger partial charge in [0.15, 0.2) is 10.4 Å². The monoisotopic (exact) mass is 466 g/mol. The molecule has 158 valence electrons. The van der Waals surface area contributed by atoms with Crippen LogP contribution in [-0.4, -0.2) is 46.1 Å². The van der Waals surface area contributed by atoms with Gasteiger partial charge in [0.1, 0.15) is 5.82 Å². The van der Waals surface area contributed by atoms with E-state index in [-0.39, 0.29) is 29.2 Å². The molecule has 0 bridgehead atoms. The van der Waals surface area contributed by atoms with Gasteiger partial charge in [-0.25, -0.2) is 4.79 Å². The molecule has 3 heterocycles. The summed E-state index contributed by atoms with van der Waals surface area (Å²) in [5.74, 6) is 0.750. The average Bonchev–Trinajstić information content (AvgIpc) is 2.92. The maximum absolute atomic E-state index is 13.0. The maximum Gasteiger partial charge on any atom is 0.333 e. The number of aromatic nitrogens is 2. The van der Waals surface area contributed by atoms with Crippen molar-refractivity contribution in [1.82, 2.24) is 14.0 Å². The molecule has 2 aromatic rings. The fraction of sp³-hybridized carbons (Fsp3) is 0.550. The van der Waals surface area contributed by atoms with Crippen LogP contribution in [0, 0.1) is 0 Å². The van der Waals surface area contributed by atoms with E-state index in [0.717, 1.165) is 6.42 Å². The molecule has 29 heavy (non-hydrogen) atoms. The molecule has 1 amide bonds. The van der Waals surface area contributed by atoms with Crippen molar-refractivity contribution in [2.24, 2.45) is 0 Å². The Hall–Kier alpha value is -2.29. The first-order valence-electron chi connectivity index (χ1n) is 9.88. The number of carbonyl (C=O) groups excluding carboxylic acids is 1. The molecule has 2 aromatic heterocycles. The maximum atomic E-state index is 13.0. The third kappa shape index (κ3) is 4.34. The van der Waals surface area contributed by atoms with Crippen LogP contribution in [0.1, 0.15) is 56.8 Å². The van der Waals surface area contributed by atoms with E-state index in [1.165, 1.54) is 4.57 Å². The Balaban J connectivity index is 1.89. The minimum absolute atomic E-state index is 0.0930. The SMILES string of the molecule is CC(C)n1c(N2CCCN(C(=O)c3ccc(Br)o3)CC2)cc(=O)n(C(C)C)c1=O. The number of halogens is 1. The second-order valence-corrected chi connectivity index (χ2v) is 8.57. The van der Waals surface area contributed by atoms with Gasteiger partial charge in [0.2, 0.25) is 0 Å². The summed E-state index contributed by atoms with van der Waals surface area (Å²) in [6.45, 7) is 9.78. The van der Waals surface area contributed by atoms with E-state index in [9.17, 15) is 14.4 Å². The van der Waals surface area contributed by atoms with Crippen LogP contribution in [0.25, 0.3) is 0 Å². The molecule has 9 heteroatoms. The standard InChI is InChI=1S/C20H27BrN4O4/c1-13(2)24-17(12-18(26)25(14(3)4)20(24)28)22-8-5-9-23(11-10-22)19(27)15-6-7-16(21)29-15/h6-7,12-14H,5,8-11H2,1-4H3. The van der Waals surface area contributed by atoms with Gasteiger partial charge in [-0.1, -0.05) is 0 Å². The number of carbonyl (C=O) groups is 1. The lowest BCUT2D eigenvalue weighted by Crippen LogP contribution is -2.45. The molecule has 1 aliphatic heterocycles. The van der Waals surface area contributed by atoms with Crippen molar-refractivity contribution in [1.29, 1.82) is 0 Å². The van der Waals surface area contributed by atoms with Crippen LogP contribution < -0.4 is 16.1 Å². The lowest BCUT2D eigenvalue weighted by Gasteiger charge is -2.28. The van der Waals surface area contributed by atoms with Gasteiger partial charge in [-0.2, -0.15) is 0 Å². The van der Waals surface area contributed by atoms with E-state index >= 15 is 0 Å². The number of anilines is 1. The normalized spacial score (nSPS) is 15.3. The fourth-order valence-electron chi connectivity index (χ4n) is 3.70. The van der Waals surface area contributed by atoms with Crippen LogP contribution in [0.4, 0.5) is 5.82 Å². The summed E-state index contributed by atoms with van der Waals surface area (Å²) in [6.07, 6.45) is 0.729. The Morgan fingerprint density at radius 1 is 1.00 bits per heavy atom. The number of hydrogen-bond donors (Lipinski definition) is 0. The molecule has 0 spiro atoms. The topological polar surface area (TPSA) is 80.7 Å². The Morgan fingerprint density at radius 2 is 1.69 bits per heavy atom. The van der Waals surface area contributed by atoms with Crippen molar-refractivity contribution >= 4 is 27.7 Å². The summed E-state index contributed by atoms with van der Waals surface area (Å²) >= 11 is 3.22. The Labute approximate surface area is 177 Å². The van der Waals surface area contributed by atoms with Crippen LogP contribution in [0.2, 0.25) is 0 Å². The predicted octanol–water partition coefficient (Wildman–Crippen LogP) is 2.88. The zero-order chi connectivity index (χ0) is 21.3. The van der Waals surface area contributed by atoms with Crippen LogP contribution in [0.3, 0.4) is 0 Å². The first kappa shape index (κ1) is 21.4. The summed E-state index contributed by atoms with van der Waals surface area (Å²) in [5, 5.41) is 0. The molecule has 1 fully saturated rings. The van der Waals surface area contributed by atoms with Crippen molar-refractivity contribution < 1.29 is 9.21 Å².